The second-order valence-electron chi connectivity index (χ2n) is 5.89. The molecule has 2 fully saturated rings. The van der Waals surface area contributed by atoms with Gasteiger partial charge in [0, 0.05) is 12.6 Å². The van der Waals surface area contributed by atoms with E-state index in [1.807, 2.05) is 0 Å². The Bertz CT molecular complexity index is 275. The summed E-state index contributed by atoms with van der Waals surface area (Å²) in [6, 6.07) is 0.198. The first-order valence-corrected chi connectivity index (χ1v) is 7.30. The van der Waals surface area contributed by atoms with Gasteiger partial charge in [0.25, 0.3) is 0 Å². The summed E-state index contributed by atoms with van der Waals surface area (Å²) in [6.45, 7) is 6.51. The Morgan fingerprint density at radius 2 is 2.11 bits per heavy atom. The summed E-state index contributed by atoms with van der Waals surface area (Å²) < 4.78 is 5.34. The summed E-state index contributed by atoms with van der Waals surface area (Å²) in [4.78, 5) is 12.2. The molecule has 1 saturated carbocycles. The van der Waals surface area contributed by atoms with Crippen LogP contribution in [0.2, 0.25) is 0 Å². The van der Waals surface area contributed by atoms with Gasteiger partial charge in [0.15, 0.2) is 0 Å². The summed E-state index contributed by atoms with van der Waals surface area (Å²) in [6.07, 6.45) is 4.92. The first kappa shape index (κ1) is 13.8. The van der Waals surface area contributed by atoms with Gasteiger partial charge in [0.2, 0.25) is 5.91 Å². The fourth-order valence-electron chi connectivity index (χ4n) is 3.15. The van der Waals surface area contributed by atoms with Crippen molar-refractivity contribution in [3.63, 3.8) is 0 Å². The minimum absolute atomic E-state index is 0.118. The van der Waals surface area contributed by atoms with E-state index >= 15 is 0 Å². The Morgan fingerprint density at radius 3 is 2.78 bits per heavy atom. The lowest BCUT2D eigenvalue weighted by molar-refractivity contribution is -0.127. The number of carbonyl (C=O) groups excluding carboxylic acids is 1. The predicted octanol–water partition coefficient (Wildman–Crippen LogP) is 1.31. The smallest absolute Gasteiger partial charge is 0.239 e. The van der Waals surface area contributed by atoms with E-state index in [1.165, 1.54) is 19.3 Å². The Kier molecular flexibility index (Phi) is 5.01. The van der Waals surface area contributed by atoms with Crippen LogP contribution in [0, 0.1) is 11.8 Å². The maximum atomic E-state index is 12.2. The van der Waals surface area contributed by atoms with Crippen molar-refractivity contribution in [2.24, 2.45) is 11.8 Å². The van der Waals surface area contributed by atoms with Gasteiger partial charge in [0.05, 0.1) is 13.2 Å². The van der Waals surface area contributed by atoms with Crippen molar-refractivity contribution in [3.05, 3.63) is 0 Å². The molecule has 1 heterocycles. The monoisotopic (exact) mass is 254 g/mol. The van der Waals surface area contributed by atoms with Crippen molar-refractivity contribution in [2.75, 3.05) is 19.8 Å². The molecule has 2 rings (SSSR count). The van der Waals surface area contributed by atoms with Crippen LogP contribution in [0.1, 0.15) is 39.5 Å². The van der Waals surface area contributed by atoms with Crippen molar-refractivity contribution >= 4 is 5.91 Å². The molecule has 1 aliphatic carbocycles. The van der Waals surface area contributed by atoms with Gasteiger partial charge in [-0.05, 0) is 24.7 Å². The SMILES string of the molecule is CC(C)C1CCCCC1NC(=O)C1COCCN1. The van der Waals surface area contributed by atoms with E-state index in [4.69, 9.17) is 4.74 Å². The molecule has 104 valence electrons. The van der Waals surface area contributed by atoms with Crippen LogP contribution in [0.3, 0.4) is 0 Å². The normalized spacial score (nSPS) is 33.4. The largest absolute Gasteiger partial charge is 0.378 e. The fraction of sp³-hybridized carbons (Fsp3) is 0.929. The van der Waals surface area contributed by atoms with Crippen LogP contribution < -0.4 is 10.6 Å². The van der Waals surface area contributed by atoms with Crippen molar-refractivity contribution in [1.82, 2.24) is 10.6 Å². The van der Waals surface area contributed by atoms with E-state index < -0.39 is 0 Å². The number of carbonyl (C=O) groups is 1. The molecule has 4 nitrogen and oxygen atoms in total. The van der Waals surface area contributed by atoms with Crippen molar-refractivity contribution in [3.8, 4) is 0 Å². The fourth-order valence-corrected chi connectivity index (χ4v) is 3.15. The zero-order valence-corrected chi connectivity index (χ0v) is 11.6. The lowest BCUT2D eigenvalue weighted by Gasteiger charge is -2.36. The van der Waals surface area contributed by atoms with Crippen molar-refractivity contribution in [2.45, 2.75) is 51.6 Å². The topological polar surface area (TPSA) is 50.4 Å². The molecule has 0 aromatic rings. The number of rotatable bonds is 3. The lowest BCUT2D eigenvalue weighted by Crippen LogP contribution is -2.55. The van der Waals surface area contributed by atoms with Crippen LogP contribution >= 0.6 is 0 Å². The molecular formula is C14H26N2O2. The Labute approximate surface area is 110 Å². The lowest BCUT2D eigenvalue weighted by atomic mass is 9.78. The molecule has 0 aromatic carbocycles. The molecule has 0 spiro atoms. The molecule has 1 aliphatic heterocycles. The van der Waals surface area contributed by atoms with Crippen molar-refractivity contribution in [1.29, 1.82) is 0 Å². The summed E-state index contributed by atoms with van der Waals surface area (Å²) in [5, 5.41) is 6.45. The summed E-state index contributed by atoms with van der Waals surface area (Å²) >= 11 is 0. The van der Waals surface area contributed by atoms with E-state index in [1.54, 1.807) is 0 Å². The molecule has 2 aliphatic rings. The molecule has 3 unspecified atom stereocenters. The number of morpholine rings is 1. The van der Waals surface area contributed by atoms with Crippen LogP contribution in [-0.2, 0) is 9.53 Å². The summed E-state index contributed by atoms with van der Waals surface area (Å²) in [5.74, 6) is 1.39. The second-order valence-corrected chi connectivity index (χ2v) is 5.89. The molecule has 0 bridgehead atoms. The number of hydrogen-bond donors (Lipinski definition) is 2. The number of hydrogen-bond acceptors (Lipinski definition) is 3. The van der Waals surface area contributed by atoms with Gasteiger partial charge in [-0.2, -0.15) is 0 Å². The highest BCUT2D eigenvalue weighted by atomic mass is 16.5. The Balaban J connectivity index is 1.87. The third-order valence-corrected chi connectivity index (χ3v) is 4.24. The van der Waals surface area contributed by atoms with Gasteiger partial charge in [-0.15, -0.1) is 0 Å². The van der Waals surface area contributed by atoms with E-state index in [-0.39, 0.29) is 11.9 Å². The van der Waals surface area contributed by atoms with E-state index in [0.29, 0.717) is 31.1 Å². The highest BCUT2D eigenvalue weighted by Crippen LogP contribution is 2.30. The quantitative estimate of drug-likeness (QED) is 0.798. The summed E-state index contributed by atoms with van der Waals surface area (Å²) in [7, 11) is 0. The molecule has 18 heavy (non-hydrogen) atoms. The average molecular weight is 254 g/mol. The van der Waals surface area contributed by atoms with Gasteiger partial charge in [-0.3, -0.25) is 4.79 Å². The first-order valence-electron chi connectivity index (χ1n) is 7.30. The Morgan fingerprint density at radius 1 is 1.33 bits per heavy atom. The van der Waals surface area contributed by atoms with Crippen LogP contribution in [0.15, 0.2) is 0 Å². The molecular weight excluding hydrogens is 228 g/mol. The van der Waals surface area contributed by atoms with Crippen LogP contribution in [0.25, 0.3) is 0 Å². The van der Waals surface area contributed by atoms with Gasteiger partial charge in [-0.25, -0.2) is 0 Å². The zero-order valence-electron chi connectivity index (χ0n) is 11.6. The second kappa shape index (κ2) is 6.53. The molecule has 2 N–H and O–H groups in total. The maximum Gasteiger partial charge on any atom is 0.239 e. The number of nitrogens with one attached hydrogen (secondary N) is 2. The first-order chi connectivity index (χ1) is 8.68. The summed E-state index contributed by atoms with van der Waals surface area (Å²) in [5.41, 5.74) is 0. The third kappa shape index (κ3) is 3.45. The molecule has 3 atom stereocenters. The van der Waals surface area contributed by atoms with Gasteiger partial charge < -0.3 is 15.4 Å². The zero-order chi connectivity index (χ0) is 13.0. The molecule has 0 radical (unpaired) electrons. The average Bonchev–Trinajstić information content (AvgIpc) is 2.40. The van der Waals surface area contributed by atoms with Crippen LogP contribution in [-0.4, -0.2) is 37.7 Å². The molecule has 0 aromatic heterocycles. The third-order valence-electron chi connectivity index (χ3n) is 4.24. The number of amides is 1. The van der Waals surface area contributed by atoms with E-state index in [0.717, 1.165) is 13.0 Å². The van der Waals surface area contributed by atoms with Crippen LogP contribution in [0.5, 0.6) is 0 Å². The maximum absolute atomic E-state index is 12.2. The van der Waals surface area contributed by atoms with Crippen molar-refractivity contribution < 1.29 is 9.53 Å². The van der Waals surface area contributed by atoms with E-state index in [9.17, 15) is 4.79 Å². The molecule has 1 saturated heterocycles. The predicted molar refractivity (Wildman–Crippen MR) is 71.3 cm³/mol. The highest BCUT2D eigenvalue weighted by Gasteiger charge is 2.31. The van der Waals surface area contributed by atoms with Gasteiger partial charge >= 0.3 is 0 Å². The Hall–Kier alpha value is -0.610. The minimum Gasteiger partial charge on any atom is -0.378 e. The highest BCUT2D eigenvalue weighted by molar-refractivity contribution is 5.82. The van der Waals surface area contributed by atoms with E-state index in [2.05, 4.69) is 24.5 Å². The minimum atomic E-state index is -0.159. The van der Waals surface area contributed by atoms with Gasteiger partial charge in [-0.1, -0.05) is 26.7 Å². The van der Waals surface area contributed by atoms with Gasteiger partial charge in [0.1, 0.15) is 6.04 Å². The van der Waals surface area contributed by atoms with Crippen LogP contribution in [0.4, 0.5) is 0 Å². The molecule has 4 heteroatoms. The number of ether oxygens (including phenoxy) is 1. The standard InChI is InChI=1S/C14H26N2O2/c1-10(2)11-5-3-4-6-12(11)16-14(17)13-9-18-8-7-15-13/h10-13,15H,3-9H2,1-2H3,(H,16,17). The molecule has 1 amide bonds.